The van der Waals surface area contributed by atoms with Gasteiger partial charge >= 0.3 is 11.9 Å². The Bertz CT molecular complexity index is 517. The van der Waals surface area contributed by atoms with E-state index in [0.717, 1.165) is 25.9 Å². The van der Waals surface area contributed by atoms with Crippen molar-refractivity contribution >= 4 is 11.9 Å². The minimum Gasteiger partial charge on any atom is -0.463 e. The molecule has 0 saturated carbocycles. The van der Waals surface area contributed by atoms with Crippen LogP contribution in [0.2, 0.25) is 0 Å². The summed E-state index contributed by atoms with van der Waals surface area (Å²) in [5.41, 5.74) is -4.18. The zero-order valence-corrected chi connectivity index (χ0v) is 13.8. The van der Waals surface area contributed by atoms with Crippen LogP contribution in [0.5, 0.6) is 0 Å². The fraction of sp³-hybridized carbons (Fsp3) is 0.875. The summed E-state index contributed by atoms with van der Waals surface area (Å²) in [4.78, 5) is 27.0. The molecular formula is C16H25NO6. The Hall–Kier alpha value is -1.18. The number of aliphatic hydroxyl groups is 2. The topological polar surface area (TPSA) is 96.3 Å². The number of nitrogens with zero attached hydrogens (tertiary/aromatic N) is 1. The zero-order valence-electron chi connectivity index (χ0n) is 13.8. The first-order valence-electron chi connectivity index (χ1n) is 8.22. The van der Waals surface area contributed by atoms with E-state index in [4.69, 9.17) is 9.47 Å². The summed E-state index contributed by atoms with van der Waals surface area (Å²) in [5.74, 6) is -2.48. The van der Waals surface area contributed by atoms with Gasteiger partial charge in [-0.25, -0.2) is 4.79 Å². The Labute approximate surface area is 135 Å². The Morgan fingerprint density at radius 2 is 1.83 bits per heavy atom. The predicted molar refractivity (Wildman–Crippen MR) is 79.3 cm³/mol. The SMILES string of the molecule is C[C@@H]1C(=O)O[C@@H]2CCN3CC[C@H](COC(=O)[C@@](C)(O)[C@]1(C)O)[C@H]23. The molecule has 3 saturated heterocycles. The Balaban J connectivity index is 1.94. The number of carbonyl (C=O) groups excluding carboxylic acids is 2. The first-order chi connectivity index (χ1) is 10.7. The van der Waals surface area contributed by atoms with Crippen molar-refractivity contribution in [3.8, 4) is 0 Å². The number of esters is 2. The van der Waals surface area contributed by atoms with Crippen molar-refractivity contribution in [3.63, 3.8) is 0 Å². The number of cyclic esters (lactones) is 1. The van der Waals surface area contributed by atoms with E-state index in [1.807, 2.05) is 0 Å². The van der Waals surface area contributed by atoms with Crippen LogP contribution >= 0.6 is 0 Å². The molecule has 2 N–H and O–H groups in total. The highest BCUT2D eigenvalue weighted by Gasteiger charge is 2.57. The molecule has 0 unspecified atom stereocenters. The molecule has 3 fully saturated rings. The van der Waals surface area contributed by atoms with E-state index in [2.05, 4.69) is 4.90 Å². The molecule has 7 heteroatoms. The molecule has 0 radical (unpaired) electrons. The second kappa shape index (κ2) is 5.43. The van der Waals surface area contributed by atoms with Crippen molar-refractivity contribution in [2.45, 2.75) is 57.0 Å². The van der Waals surface area contributed by atoms with Crippen molar-refractivity contribution in [2.75, 3.05) is 19.7 Å². The maximum atomic E-state index is 12.5. The Kier molecular flexibility index (Phi) is 3.93. The summed E-state index contributed by atoms with van der Waals surface area (Å²) in [5, 5.41) is 21.1. The van der Waals surface area contributed by atoms with Crippen LogP contribution in [-0.2, 0) is 19.1 Å². The minimum absolute atomic E-state index is 0.0481. The van der Waals surface area contributed by atoms with Crippen LogP contribution in [0.3, 0.4) is 0 Å². The molecule has 23 heavy (non-hydrogen) atoms. The molecule has 0 amide bonds. The Morgan fingerprint density at radius 3 is 2.52 bits per heavy atom. The second-order valence-corrected chi connectivity index (χ2v) is 7.38. The Morgan fingerprint density at radius 1 is 1.17 bits per heavy atom. The van der Waals surface area contributed by atoms with Crippen molar-refractivity contribution in [1.29, 1.82) is 0 Å². The molecule has 3 rings (SSSR count). The van der Waals surface area contributed by atoms with Crippen LogP contribution in [-0.4, -0.2) is 70.1 Å². The smallest absolute Gasteiger partial charge is 0.340 e. The average Bonchev–Trinajstić information content (AvgIpc) is 3.06. The van der Waals surface area contributed by atoms with E-state index >= 15 is 0 Å². The van der Waals surface area contributed by atoms with Gasteiger partial charge in [0.1, 0.15) is 11.7 Å². The highest BCUT2D eigenvalue weighted by atomic mass is 16.6. The molecule has 3 aliphatic rings. The van der Waals surface area contributed by atoms with E-state index in [0.29, 0.717) is 0 Å². The summed E-state index contributed by atoms with van der Waals surface area (Å²) in [7, 11) is 0. The molecule has 0 aromatic rings. The quantitative estimate of drug-likeness (QED) is 0.589. The molecule has 6 atom stereocenters. The molecule has 0 aliphatic carbocycles. The third-order valence-electron chi connectivity index (χ3n) is 6.05. The molecule has 3 aliphatic heterocycles. The molecule has 0 spiro atoms. The fourth-order valence-electron chi connectivity index (χ4n) is 3.96. The number of hydrogen-bond acceptors (Lipinski definition) is 7. The third kappa shape index (κ3) is 2.45. The molecule has 7 nitrogen and oxygen atoms in total. The summed E-state index contributed by atoms with van der Waals surface area (Å²) < 4.78 is 10.9. The van der Waals surface area contributed by atoms with Crippen LogP contribution in [0, 0.1) is 11.8 Å². The largest absolute Gasteiger partial charge is 0.463 e. The average molecular weight is 327 g/mol. The van der Waals surface area contributed by atoms with Crippen LogP contribution in [0.15, 0.2) is 0 Å². The maximum absolute atomic E-state index is 12.5. The van der Waals surface area contributed by atoms with E-state index in [1.165, 1.54) is 20.8 Å². The van der Waals surface area contributed by atoms with Crippen LogP contribution < -0.4 is 0 Å². The fourth-order valence-corrected chi connectivity index (χ4v) is 3.96. The molecule has 3 heterocycles. The molecule has 0 bridgehead atoms. The molecule has 130 valence electrons. The minimum atomic E-state index is -2.19. The lowest BCUT2D eigenvalue weighted by molar-refractivity contribution is -0.205. The van der Waals surface area contributed by atoms with Crippen LogP contribution in [0.4, 0.5) is 0 Å². The van der Waals surface area contributed by atoms with Crippen molar-refractivity contribution in [1.82, 2.24) is 4.90 Å². The first kappa shape index (κ1) is 16.7. The maximum Gasteiger partial charge on any atom is 0.340 e. The standard InChI is InChI=1S/C16H25NO6/c1-9-13(18)23-11-5-7-17-6-4-10(12(11)17)8-22-14(19)16(3,21)15(9,2)20/h9-12,20-21H,4-8H2,1-3H3/t9-,10-,11-,12-,15-,16-/m1/s1. The van der Waals surface area contributed by atoms with E-state index < -0.39 is 29.1 Å². The summed E-state index contributed by atoms with van der Waals surface area (Å²) in [6.07, 6.45) is 1.35. The van der Waals surface area contributed by atoms with Gasteiger partial charge in [-0.1, -0.05) is 0 Å². The van der Waals surface area contributed by atoms with Crippen LogP contribution in [0.25, 0.3) is 0 Å². The lowest BCUT2D eigenvalue weighted by Gasteiger charge is -2.39. The number of carbonyl (C=O) groups is 2. The zero-order chi connectivity index (χ0) is 17.0. The van der Waals surface area contributed by atoms with Crippen LogP contribution in [0.1, 0.15) is 33.6 Å². The van der Waals surface area contributed by atoms with Gasteiger partial charge in [-0.05, 0) is 40.2 Å². The van der Waals surface area contributed by atoms with Crippen molar-refractivity contribution < 1.29 is 29.3 Å². The van der Waals surface area contributed by atoms with Gasteiger partial charge in [0.2, 0.25) is 0 Å². The van der Waals surface area contributed by atoms with Gasteiger partial charge in [0.25, 0.3) is 0 Å². The van der Waals surface area contributed by atoms with Gasteiger partial charge in [0, 0.05) is 12.5 Å². The van der Waals surface area contributed by atoms with Gasteiger partial charge in [-0.3, -0.25) is 9.69 Å². The van der Waals surface area contributed by atoms with E-state index in [-0.39, 0.29) is 24.7 Å². The highest BCUT2D eigenvalue weighted by molar-refractivity contribution is 5.83. The normalized spacial score (nSPS) is 48.4. The first-order valence-corrected chi connectivity index (χ1v) is 8.22. The summed E-state index contributed by atoms with van der Waals surface area (Å²) in [6, 6.07) is 0.0481. The highest BCUT2D eigenvalue weighted by Crippen LogP contribution is 2.38. The molecule has 0 aromatic carbocycles. The van der Waals surface area contributed by atoms with Crippen molar-refractivity contribution in [2.24, 2.45) is 11.8 Å². The number of hydrogen-bond donors (Lipinski definition) is 2. The lowest BCUT2D eigenvalue weighted by Crippen LogP contribution is -2.61. The molecule has 0 aromatic heterocycles. The van der Waals surface area contributed by atoms with E-state index in [1.54, 1.807) is 0 Å². The van der Waals surface area contributed by atoms with Gasteiger partial charge < -0.3 is 19.7 Å². The summed E-state index contributed by atoms with van der Waals surface area (Å²) in [6.45, 7) is 5.81. The van der Waals surface area contributed by atoms with Gasteiger partial charge in [-0.2, -0.15) is 0 Å². The van der Waals surface area contributed by atoms with Gasteiger partial charge in [-0.15, -0.1) is 0 Å². The number of rotatable bonds is 0. The second-order valence-electron chi connectivity index (χ2n) is 7.38. The number of ether oxygens (including phenoxy) is 2. The van der Waals surface area contributed by atoms with Crippen molar-refractivity contribution in [3.05, 3.63) is 0 Å². The monoisotopic (exact) mass is 327 g/mol. The third-order valence-corrected chi connectivity index (χ3v) is 6.05. The predicted octanol–water partition coefficient (Wildman–Crippen LogP) is -0.313. The van der Waals surface area contributed by atoms with E-state index in [9.17, 15) is 19.8 Å². The molecular weight excluding hydrogens is 302 g/mol. The summed E-state index contributed by atoms with van der Waals surface area (Å²) >= 11 is 0. The lowest BCUT2D eigenvalue weighted by atomic mass is 9.76. The van der Waals surface area contributed by atoms with Gasteiger partial charge in [0.15, 0.2) is 5.60 Å². The van der Waals surface area contributed by atoms with Gasteiger partial charge in [0.05, 0.1) is 18.6 Å².